The number of rotatable bonds is 3. The van der Waals surface area contributed by atoms with Crippen LogP contribution in [0.5, 0.6) is 0 Å². The van der Waals surface area contributed by atoms with Crippen molar-refractivity contribution < 1.29 is 0 Å². The third kappa shape index (κ3) is 2.30. The van der Waals surface area contributed by atoms with Crippen molar-refractivity contribution in [2.45, 2.75) is 19.8 Å². The van der Waals surface area contributed by atoms with E-state index in [-0.39, 0.29) is 0 Å². The fourth-order valence-electron chi connectivity index (χ4n) is 1.61. The molecule has 2 N–H and O–H groups in total. The third-order valence-corrected chi connectivity index (χ3v) is 2.43. The van der Waals surface area contributed by atoms with Gasteiger partial charge in [-0.2, -0.15) is 10.2 Å². The Morgan fingerprint density at radius 2 is 2.07 bits per heavy atom. The first-order valence-electron chi connectivity index (χ1n) is 5.22. The number of fused-ring (bicyclic) bond motifs is 1. The second-order valence-corrected chi connectivity index (χ2v) is 3.79. The molecule has 0 fully saturated rings. The summed E-state index contributed by atoms with van der Waals surface area (Å²) in [6.07, 6.45) is 1.87. The second-order valence-electron chi connectivity index (χ2n) is 3.79. The van der Waals surface area contributed by atoms with Gasteiger partial charge in [0.15, 0.2) is 0 Å². The summed E-state index contributed by atoms with van der Waals surface area (Å²) >= 11 is 0. The van der Waals surface area contributed by atoms with E-state index in [1.54, 1.807) is 0 Å². The predicted octanol–water partition coefficient (Wildman–Crippen LogP) is 1.83. The summed E-state index contributed by atoms with van der Waals surface area (Å²) in [5, 5.41) is 9.52. The van der Waals surface area contributed by atoms with Crippen LogP contribution in [0.25, 0.3) is 10.9 Å². The van der Waals surface area contributed by atoms with Crippen LogP contribution >= 0.6 is 0 Å². The van der Waals surface area contributed by atoms with Crippen molar-refractivity contribution in [1.82, 2.24) is 10.2 Å². The Kier molecular flexibility index (Phi) is 2.92. The average molecular weight is 201 g/mol. The Balaban J connectivity index is 2.36. The highest BCUT2D eigenvalue weighted by Crippen LogP contribution is 2.14. The Morgan fingerprint density at radius 3 is 2.87 bits per heavy atom. The maximum atomic E-state index is 5.46. The van der Waals surface area contributed by atoms with Gasteiger partial charge in [0.2, 0.25) is 0 Å². The summed E-state index contributed by atoms with van der Waals surface area (Å²) in [7, 11) is 0. The van der Waals surface area contributed by atoms with Gasteiger partial charge in [0.1, 0.15) is 0 Å². The molecule has 1 heterocycles. The lowest BCUT2D eigenvalue weighted by molar-refractivity contribution is 0.794. The molecule has 0 saturated heterocycles. The minimum atomic E-state index is 0.702. The van der Waals surface area contributed by atoms with Gasteiger partial charge in [0.05, 0.1) is 11.2 Å². The Morgan fingerprint density at radius 1 is 1.20 bits per heavy atom. The first-order chi connectivity index (χ1) is 7.29. The van der Waals surface area contributed by atoms with E-state index in [2.05, 4.69) is 35.3 Å². The molecule has 0 amide bonds. The molecular weight excluding hydrogens is 186 g/mol. The smallest absolute Gasteiger partial charge is 0.0930 e. The molecule has 0 aliphatic rings. The van der Waals surface area contributed by atoms with Crippen LogP contribution in [-0.2, 0) is 6.42 Å². The van der Waals surface area contributed by atoms with E-state index < -0.39 is 0 Å². The highest BCUT2D eigenvalue weighted by atomic mass is 15.1. The van der Waals surface area contributed by atoms with Crippen LogP contribution < -0.4 is 5.73 Å². The van der Waals surface area contributed by atoms with E-state index in [9.17, 15) is 0 Å². The van der Waals surface area contributed by atoms with Crippen LogP contribution in [0.15, 0.2) is 24.3 Å². The lowest BCUT2D eigenvalue weighted by Crippen LogP contribution is -2.02. The summed E-state index contributed by atoms with van der Waals surface area (Å²) in [6, 6.07) is 8.29. The zero-order valence-electron chi connectivity index (χ0n) is 8.90. The second kappa shape index (κ2) is 4.36. The van der Waals surface area contributed by atoms with Gasteiger partial charge < -0.3 is 5.73 Å². The molecule has 0 unspecified atom stereocenters. The Hall–Kier alpha value is -1.48. The molecule has 78 valence electrons. The molecule has 1 aromatic carbocycles. The summed E-state index contributed by atoms with van der Waals surface area (Å²) in [5.74, 6) is 0. The maximum Gasteiger partial charge on any atom is 0.0930 e. The number of nitrogens with zero attached hydrogens (tertiary/aromatic N) is 2. The van der Waals surface area contributed by atoms with Crippen molar-refractivity contribution in [3.8, 4) is 0 Å². The van der Waals surface area contributed by atoms with Crippen LogP contribution in [0.1, 0.15) is 17.7 Å². The van der Waals surface area contributed by atoms with Gasteiger partial charge in [-0.15, -0.1) is 0 Å². The van der Waals surface area contributed by atoms with E-state index in [0.717, 1.165) is 29.4 Å². The summed E-state index contributed by atoms with van der Waals surface area (Å²) in [6.45, 7) is 2.78. The van der Waals surface area contributed by atoms with Crippen molar-refractivity contribution in [3.63, 3.8) is 0 Å². The van der Waals surface area contributed by atoms with E-state index >= 15 is 0 Å². The zero-order valence-corrected chi connectivity index (χ0v) is 8.90. The fourth-order valence-corrected chi connectivity index (χ4v) is 1.61. The average Bonchev–Trinajstić information content (AvgIpc) is 2.25. The first-order valence-corrected chi connectivity index (χ1v) is 5.22. The minimum Gasteiger partial charge on any atom is -0.330 e. The maximum absolute atomic E-state index is 5.46. The molecule has 0 saturated carbocycles. The highest BCUT2D eigenvalue weighted by molar-refractivity contribution is 5.78. The molecule has 2 aromatic rings. The van der Waals surface area contributed by atoms with Crippen LogP contribution in [0.2, 0.25) is 0 Å². The molecular formula is C12H15N3. The molecule has 3 nitrogen and oxygen atoms in total. The molecule has 0 aliphatic heterocycles. The van der Waals surface area contributed by atoms with Crippen molar-refractivity contribution in [1.29, 1.82) is 0 Å². The van der Waals surface area contributed by atoms with Gasteiger partial charge in [-0.05, 0) is 44.5 Å². The van der Waals surface area contributed by atoms with Gasteiger partial charge in [-0.3, -0.25) is 0 Å². The minimum absolute atomic E-state index is 0.702. The van der Waals surface area contributed by atoms with E-state index in [1.807, 2.05) is 6.07 Å². The standard InChI is InChI=1S/C12H15N3/c1-9-4-5-12-10(7-9)8-11(14-15-12)3-2-6-13/h4-5,7-8H,2-3,6,13H2,1H3. The number of aromatic nitrogens is 2. The van der Waals surface area contributed by atoms with Crippen molar-refractivity contribution in [2.24, 2.45) is 5.73 Å². The van der Waals surface area contributed by atoms with Crippen LogP contribution in [0.4, 0.5) is 0 Å². The van der Waals surface area contributed by atoms with Gasteiger partial charge in [0, 0.05) is 5.39 Å². The number of nitrogens with two attached hydrogens (primary N) is 1. The van der Waals surface area contributed by atoms with Crippen molar-refractivity contribution in [3.05, 3.63) is 35.5 Å². The molecule has 1 aromatic heterocycles. The van der Waals surface area contributed by atoms with E-state index in [0.29, 0.717) is 6.54 Å². The van der Waals surface area contributed by atoms with Gasteiger partial charge >= 0.3 is 0 Å². The molecule has 2 rings (SSSR count). The van der Waals surface area contributed by atoms with Crippen molar-refractivity contribution in [2.75, 3.05) is 6.54 Å². The summed E-state index contributed by atoms with van der Waals surface area (Å²) < 4.78 is 0. The number of hydrogen-bond acceptors (Lipinski definition) is 3. The fraction of sp³-hybridized carbons (Fsp3) is 0.333. The zero-order chi connectivity index (χ0) is 10.7. The van der Waals surface area contributed by atoms with E-state index in [4.69, 9.17) is 5.73 Å². The number of hydrogen-bond donors (Lipinski definition) is 1. The normalized spacial score (nSPS) is 10.8. The molecule has 0 radical (unpaired) electrons. The lowest BCUT2D eigenvalue weighted by Gasteiger charge is -2.01. The molecule has 0 atom stereocenters. The molecule has 15 heavy (non-hydrogen) atoms. The van der Waals surface area contributed by atoms with Crippen LogP contribution in [0, 0.1) is 6.92 Å². The third-order valence-electron chi connectivity index (χ3n) is 2.43. The lowest BCUT2D eigenvalue weighted by atomic mass is 10.1. The van der Waals surface area contributed by atoms with Crippen LogP contribution in [0.3, 0.4) is 0 Å². The SMILES string of the molecule is Cc1ccc2nnc(CCCN)cc2c1. The monoisotopic (exact) mass is 201 g/mol. The van der Waals surface area contributed by atoms with Gasteiger partial charge in [0.25, 0.3) is 0 Å². The largest absolute Gasteiger partial charge is 0.330 e. The van der Waals surface area contributed by atoms with Crippen LogP contribution in [-0.4, -0.2) is 16.7 Å². The van der Waals surface area contributed by atoms with Gasteiger partial charge in [-0.25, -0.2) is 0 Å². The molecule has 0 aliphatic carbocycles. The molecule has 3 heteroatoms. The summed E-state index contributed by atoms with van der Waals surface area (Å²) in [5.41, 5.74) is 8.70. The van der Waals surface area contributed by atoms with E-state index in [1.165, 1.54) is 5.56 Å². The predicted molar refractivity (Wildman–Crippen MR) is 61.7 cm³/mol. The highest BCUT2D eigenvalue weighted by Gasteiger charge is 1.99. The van der Waals surface area contributed by atoms with Gasteiger partial charge in [-0.1, -0.05) is 11.6 Å². The number of benzene rings is 1. The molecule has 0 spiro atoms. The Labute approximate surface area is 89.3 Å². The quantitative estimate of drug-likeness (QED) is 0.824. The molecule has 0 bridgehead atoms. The first kappa shape index (κ1) is 10.1. The van der Waals surface area contributed by atoms with Crippen molar-refractivity contribution >= 4 is 10.9 Å². The number of aryl methyl sites for hydroxylation is 2. The Bertz CT molecular complexity index is 465. The summed E-state index contributed by atoms with van der Waals surface area (Å²) in [4.78, 5) is 0. The topological polar surface area (TPSA) is 51.8 Å².